The van der Waals surface area contributed by atoms with Crippen LogP contribution in [0.3, 0.4) is 0 Å². The normalized spacial score (nSPS) is 16.5. The van der Waals surface area contributed by atoms with Gasteiger partial charge in [0.1, 0.15) is 0 Å². The van der Waals surface area contributed by atoms with Gasteiger partial charge in [0, 0.05) is 13.8 Å². The molecular formula is C14H17ClO4. The van der Waals surface area contributed by atoms with Gasteiger partial charge in [0.2, 0.25) is 5.79 Å². The molecule has 2 rings (SSSR count). The molecule has 0 unspecified atom stereocenters. The third-order valence-corrected chi connectivity index (χ3v) is 3.28. The van der Waals surface area contributed by atoms with E-state index >= 15 is 0 Å². The topological polar surface area (TPSA) is 55.8 Å². The first kappa shape index (κ1) is 14.0. The molecule has 0 aromatic heterocycles. The van der Waals surface area contributed by atoms with Crippen molar-refractivity contribution in [3.8, 4) is 11.5 Å². The summed E-state index contributed by atoms with van der Waals surface area (Å²) in [5.74, 6) is -0.508. The van der Waals surface area contributed by atoms with Crippen LogP contribution < -0.4 is 9.47 Å². The van der Waals surface area contributed by atoms with Crippen LogP contribution in [0.5, 0.6) is 11.5 Å². The molecule has 4 nitrogen and oxygen atoms in total. The van der Waals surface area contributed by atoms with Crippen LogP contribution in [0.25, 0.3) is 0 Å². The van der Waals surface area contributed by atoms with Crippen molar-refractivity contribution in [2.75, 3.05) is 0 Å². The van der Waals surface area contributed by atoms with Gasteiger partial charge in [-0.15, -0.1) is 0 Å². The first-order chi connectivity index (χ1) is 8.61. The van der Waals surface area contributed by atoms with Crippen LogP contribution in [-0.4, -0.2) is 16.9 Å². The Morgan fingerprint density at radius 3 is 2.58 bits per heavy atom. The van der Waals surface area contributed by atoms with Gasteiger partial charge in [0.05, 0.1) is 10.4 Å². The van der Waals surface area contributed by atoms with Crippen LogP contribution in [0.15, 0.2) is 12.1 Å². The van der Waals surface area contributed by atoms with Crippen molar-refractivity contribution in [3.05, 3.63) is 22.7 Å². The molecule has 1 aromatic rings. The summed E-state index contributed by atoms with van der Waals surface area (Å²) in [5, 5.41) is 9.60. The molecular weight excluding hydrogens is 268 g/mol. The summed E-state index contributed by atoms with van der Waals surface area (Å²) in [6, 6.07) is 3.52. The minimum absolute atomic E-state index is 0.374. The maximum atomic E-state index is 11.2. The Balaban J connectivity index is 2.32. The zero-order chi connectivity index (χ0) is 14.4. The quantitative estimate of drug-likeness (QED) is 0.923. The Morgan fingerprint density at radius 2 is 2.00 bits per heavy atom. The van der Waals surface area contributed by atoms with E-state index in [4.69, 9.17) is 26.2 Å². The fraction of sp³-hybridized carbons (Fsp3) is 0.500. The van der Waals surface area contributed by atoms with Crippen LogP contribution in [0.1, 0.15) is 33.3 Å². The zero-order valence-electron chi connectivity index (χ0n) is 11.4. The number of hydrogen-bond donors (Lipinski definition) is 1. The molecule has 1 N–H and O–H groups in total. The third-order valence-electron chi connectivity index (χ3n) is 3.00. The molecule has 0 radical (unpaired) electrons. The van der Waals surface area contributed by atoms with Gasteiger partial charge < -0.3 is 14.6 Å². The average molecular weight is 285 g/mol. The lowest BCUT2D eigenvalue weighted by molar-refractivity contribution is -0.146. The fourth-order valence-corrected chi connectivity index (χ4v) is 2.29. The fourth-order valence-electron chi connectivity index (χ4n) is 2.02. The average Bonchev–Trinajstić information content (AvgIpc) is 2.52. The molecule has 0 saturated heterocycles. The minimum atomic E-state index is -0.855. The standard InChI is InChI=1S/C14H17ClO4/c1-13(2,12(16)17)7-8-5-9(15)11-10(6-8)18-14(3,4)19-11/h5-6H,7H2,1-4H3,(H,16,17). The van der Waals surface area contributed by atoms with Crippen molar-refractivity contribution in [2.24, 2.45) is 5.41 Å². The molecule has 1 aliphatic rings. The molecule has 0 fully saturated rings. The highest BCUT2D eigenvalue weighted by Crippen LogP contribution is 2.45. The van der Waals surface area contributed by atoms with E-state index in [1.807, 2.05) is 0 Å². The first-order valence-electron chi connectivity index (χ1n) is 6.05. The van der Waals surface area contributed by atoms with Crippen molar-refractivity contribution in [2.45, 2.75) is 39.9 Å². The Bertz CT molecular complexity index is 534. The molecule has 0 saturated carbocycles. The zero-order valence-corrected chi connectivity index (χ0v) is 12.2. The summed E-state index contributed by atoms with van der Waals surface area (Å²) in [6.07, 6.45) is 0.374. The van der Waals surface area contributed by atoms with Gasteiger partial charge in [0.25, 0.3) is 0 Å². The Kier molecular flexibility index (Phi) is 3.17. The predicted octanol–water partition coefficient (Wildman–Crippen LogP) is 3.50. The number of rotatable bonds is 3. The van der Waals surface area contributed by atoms with E-state index in [1.165, 1.54) is 0 Å². The van der Waals surface area contributed by atoms with Gasteiger partial charge in [-0.3, -0.25) is 4.79 Å². The summed E-state index contributed by atoms with van der Waals surface area (Å²) in [6.45, 7) is 6.95. The van der Waals surface area contributed by atoms with Crippen molar-refractivity contribution in [1.29, 1.82) is 0 Å². The van der Waals surface area contributed by atoms with Crippen LogP contribution in [0, 0.1) is 5.41 Å². The van der Waals surface area contributed by atoms with Crippen molar-refractivity contribution >= 4 is 17.6 Å². The molecule has 0 spiro atoms. The van der Waals surface area contributed by atoms with Gasteiger partial charge in [-0.05, 0) is 38.0 Å². The van der Waals surface area contributed by atoms with Gasteiger partial charge in [-0.2, -0.15) is 0 Å². The summed E-state index contributed by atoms with van der Waals surface area (Å²) in [7, 11) is 0. The van der Waals surface area contributed by atoms with Crippen molar-refractivity contribution in [1.82, 2.24) is 0 Å². The largest absolute Gasteiger partial charge is 0.481 e. The number of carboxylic acid groups (broad SMARTS) is 1. The summed E-state index contributed by atoms with van der Waals surface area (Å²) >= 11 is 6.16. The van der Waals surface area contributed by atoms with E-state index in [2.05, 4.69) is 0 Å². The molecule has 19 heavy (non-hydrogen) atoms. The van der Waals surface area contributed by atoms with E-state index < -0.39 is 17.2 Å². The van der Waals surface area contributed by atoms with E-state index in [9.17, 15) is 4.79 Å². The number of carbonyl (C=O) groups is 1. The number of fused-ring (bicyclic) bond motifs is 1. The lowest BCUT2D eigenvalue weighted by Crippen LogP contribution is -2.29. The Hall–Kier alpha value is -1.42. The van der Waals surface area contributed by atoms with Crippen molar-refractivity contribution in [3.63, 3.8) is 0 Å². The van der Waals surface area contributed by atoms with E-state index in [-0.39, 0.29) is 0 Å². The Labute approximate surface area is 117 Å². The maximum Gasteiger partial charge on any atom is 0.309 e. The molecule has 104 valence electrons. The Morgan fingerprint density at radius 1 is 1.37 bits per heavy atom. The molecule has 0 aliphatic carbocycles. The minimum Gasteiger partial charge on any atom is -0.481 e. The number of hydrogen-bond acceptors (Lipinski definition) is 3. The highest BCUT2D eigenvalue weighted by atomic mass is 35.5. The molecule has 0 amide bonds. The van der Waals surface area contributed by atoms with Crippen LogP contribution in [-0.2, 0) is 11.2 Å². The lowest BCUT2D eigenvalue weighted by Gasteiger charge is -2.19. The molecule has 0 atom stereocenters. The second kappa shape index (κ2) is 4.30. The van der Waals surface area contributed by atoms with Crippen LogP contribution in [0.2, 0.25) is 5.02 Å². The van der Waals surface area contributed by atoms with Crippen molar-refractivity contribution < 1.29 is 19.4 Å². The second-order valence-electron chi connectivity index (χ2n) is 5.87. The van der Waals surface area contributed by atoms with Gasteiger partial charge in [-0.25, -0.2) is 0 Å². The number of halogens is 1. The number of aliphatic carboxylic acids is 1. The van der Waals surface area contributed by atoms with Gasteiger partial charge >= 0.3 is 5.97 Å². The summed E-state index contributed by atoms with van der Waals surface area (Å²) in [5.41, 5.74) is -0.0375. The monoisotopic (exact) mass is 284 g/mol. The summed E-state index contributed by atoms with van der Waals surface area (Å²) in [4.78, 5) is 11.2. The number of ether oxygens (including phenoxy) is 2. The van der Waals surface area contributed by atoms with E-state index in [1.54, 1.807) is 39.8 Å². The predicted molar refractivity (Wildman–Crippen MR) is 71.9 cm³/mol. The molecule has 0 bridgehead atoms. The SMILES string of the molecule is CC1(C)Oc2cc(CC(C)(C)C(=O)O)cc(Cl)c2O1. The van der Waals surface area contributed by atoms with Gasteiger partial charge in [-0.1, -0.05) is 11.6 Å². The number of carboxylic acids is 1. The highest BCUT2D eigenvalue weighted by Gasteiger charge is 2.35. The summed E-state index contributed by atoms with van der Waals surface area (Å²) < 4.78 is 11.2. The molecule has 1 aliphatic heterocycles. The van der Waals surface area contributed by atoms with Crippen LogP contribution in [0.4, 0.5) is 0 Å². The highest BCUT2D eigenvalue weighted by molar-refractivity contribution is 6.32. The molecule has 1 aromatic carbocycles. The van der Waals surface area contributed by atoms with E-state index in [0.717, 1.165) is 5.56 Å². The van der Waals surface area contributed by atoms with Gasteiger partial charge in [0.15, 0.2) is 11.5 Å². The molecule has 5 heteroatoms. The second-order valence-corrected chi connectivity index (χ2v) is 6.28. The first-order valence-corrected chi connectivity index (χ1v) is 6.42. The smallest absolute Gasteiger partial charge is 0.309 e. The van der Waals surface area contributed by atoms with E-state index in [0.29, 0.717) is 22.9 Å². The number of benzene rings is 1. The van der Waals surface area contributed by atoms with Crippen LogP contribution >= 0.6 is 11.6 Å². The molecule has 1 heterocycles. The lowest BCUT2D eigenvalue weighted by atomic mass is 9.86. The third kappa shape index (κ3) is 2.78. The maximum absolute atomic E-state index is 11.2.